The first-order valence-electron chi connectivity index (χ1n) is 4.03. The Morgan fingerprint density at radius 3 is 2.79 bits per heavy atom. The van der Waals surface area contributed by atoms with Crippen LogP contribution in [-0.4, -0.2) is 37.0 Å². The molecule has 0 saturated heterocycles. The second kappa shape index (κ2) is 6.10. The van der Waals surface area contributed by atoms with Crippen LogP contribution in [0.25, 0.3) is 0 Å². The van der Waals surface area contributed by atoms with E-state index in [0.717, 1.165) is 9.39 Å². The molecule has 1 aromatic heterocycles. The number of aromatic nitrogens is 2. The molecule has 0 aliphatic heterocycles. The van der Waals surface area contributed by atoms with Crippen LogP contribution in [0.2, 0.25) is 0 Å². The zero-order chi connectivity index (χ0) is 10.4. The summed E-state index contributed by atoms with van der Waals surface area (Å²) in [5.74, 6) is 0.791. The average Bonchev–Trinajstić information content (AvgIpc) is 2.22. The van der Waals surface area contributed by atoms with Gasteiger partial charge in [0.1, 0.15) is 12.1 Å². The van der Waals surface area contributed by atoms with Gasteiger partial charge in [0.2, 0.25) is 0 Å². The monoisotopic (exact) mass is 309 g/mol. The van der Waals surface area contributed by atoms with Crippen molar-refractivity contribution in [3.63, 3.8) is 0 Å². The van der Waals surface area contributed by atoms with Gasteiger partial charge in [0.15, 0.2) is 6.29 Å². The molecule has 1 N–H and O–H groups in total. The summed E-state index contributed by atoms with van der Waals surface area (Å²) in [7, 11) is 3.20. The Balaban J connectivity index is 2.49. The van der Waals surface area contributed by atoms with Crippen molar-refractivity contribution in [1.82, 2.24) is 9.97 Å². The van der Waals surface area contributed by atoms with Gasteiger partial charge < -0.3 is 14.8 Å². The molecule has 0 bridgehead atoms. The van der Waals surface area contributed by atoms with E-state index in [1.165, 1.54) is 6.33 Å². The Kier molecular flexibility index (Phi) is 5.05. The van der Waals surface area contributed by atoms with E-state index in [1.54, 1.807) is 20.4 Å². The van der Waals surface area contributed by atoms with E-state index in [0.29, 0.717) is 6.54 Å². The summed E-state index contributed by atoms with van der Waals surface area (Å²) in [6.45, 7) is 0.556. The van der Waals surface area contributed by atoms with E-state index in [2.05, 4.69) is 37.9 Å². The minimum absolute atomic E-state index is 0.263. The molecule has 0 spiro atoms. The van der Waals surface area contributed by atoms with Crippen LogP contribution in [-0.2, 0) is 9.47 Å². The summed E-state index contributed by atoms with van der Waals surface area (Å²) >= 11 is 2.16. The van der Waals surface area contributed by atoms with Gasteiger partial charge in [0.05, 0.1) is 10.1 Å². The van der Waals surface area contributed by atoms with Gasteiger partial charge in [-0.05, 0) is 22.6 Å². The molecule has 0 unspecified atom stereocenters. The predicted octanol–water partition coefficient (Wildman–Crippen LogP) is 1.11. The maximum Gasteiger partial charge on any atom is 0.173 e. The number of methoxy groups -OCH3 is 2. The highest BCUT2D eigenvalue weighted by atomic mass is 127. The molecule has 0 amide bonds. The van der Waals surface area contributed by atoms with Crippen LogP contribution in [0.4, 0.5) is 5.82 Å². The fraction of sp³-hybridized carbons (Fsp3) is 0.500. The fourth-order valence-electron chi connectivity index (χ4n) is 0.886. The number of rotatable bonds is 5. The normalized spacial score (nSPS) is 10.6. The van der Waals surface area contributed by atoms with E-state index >= 15 is 0 Å². The predicted molar refractivity (Wildman–Crippen MR) is 61.0 cm³/mol. The van der Waals surface area contributed by atoms with E-state index in [4.69, 9.17) is 9.47 Å². The first kappa shape index (κ1) is 11.6. The second-order valence-corrected chi connectivity index (χ2v) is 3.66. The van der Waals surface area contributed by atoms with E-state index in [1.807, 2.05) is 0 Å². The summed E-state index contributed by atoms with van der Waals surface area (Å²) in [6, 6.07) is 0. The Bertz CT molecular complexity index is 281. The lowest BCUT2D eigenvalue weighted by Gasteiger charge is -2.14. The van der Waals surface area contributed by atoms with Crippen molar-refractivity contribution in [3.8, 4) is 0 Å². The van der Waals surface area contributed by atoms with Crippen LogP contribution in [0.15, 0.2) is 12.5 Å². The van der Waals surface area contributed by atoms with Gasteiger partial charge in [-0.15, -0.1) is 0 Å². The van der Waals surface area contributed by atoms with Crippen LogP contribution in [0.3, 0.4) is 0 Å². The van der Waals surface area contributed by atoms with Crippen molar-refractivity contribution in [2.75, 3.05) is 26.1 Å². The van der Waals surface area contributed by atoms with Crippen LogP contribution in [0.5, 0.6) is 0 Å². The van der Waals surface area contributed by atoms with E-state index in [-0.39, 0.29) is 6.29 Å². The highest BCUT2D eigenvalue weighted by Crippen LogP contribution is 2.12. The quantitative estimate of drug-likeness (QED) is 0.652. The molecule has 78 valence electrons. The van der Waals surface area contributed by atoms with Gasteiger partial charge >= 0.3 is 0 Å². The van der Waals surface area contributed by atoms with Crippen molar-refractivity contribution >= 4 is 28.4 Å². The third-order valence-corrected chi connectivity index (χ3v) is 2.42. The highest BCUT2D eigenvalue weighted by Gasteiger charge is 2.06. The molecule has 0 saturated carbocycles. The summed E-state index contributed by atoms with van der Waals surface area (Å²) in [5, 5.41) is 3.11. The molecule has 0 fully saturated rings. The molecular weight excluding hydrogens is 297 g/mol. The van der Waals surface area contributed by atoms with Gasteiger partial charge in [-0.25, -0.2) is 9.97 Å². The molecule has 6 heteroatoms. The SMILES string of the molecule is COC(CNc1ncncc1I)OC. The minimum atomic E-state index is -0.263. The number of nitrogens with one attached hydrogen (secondary N) is 1. The maximum absolute atomic E-state index is 5.03. The number of anilines is 1. The zero-order valence-electron chi connectivity index (χ0n) is 8.03. The van der Waals surface area contributed by atoms with Crippen molar-refractivity contribution in [1.29, 1.82) is 0 Å². The second-order valence-electron chi connectivity index (χ2n) is 2.50. The van der Waals surface area contributed by atoms with Crippen LogP contribution < -0.4 is 5.32 Å². The summed E-state index contributed by atoms with van der Waals surface area (Å²) < 4.78 is 11.0. The smallest absolute Gasteiger partial charge is 0.173 e. The van der Waals surface area contributed by atoms with E-state index < -0.39 is 0 Å². The summed E-state index contributed by atoms with van der Waals surface area (Å²) in [6.07, 6.45) is 2.98. The van der Waals surface area contributed by atoms with Crippen molar-refractivity contribution in [2.24, 2.45) is 0 Å². The lowest BCUT2D eigenvalue weighted by Crippen LogP contribution is -2.24. The topological polar surface area (TPSA) is 56.3 Å². The van der Waals surface area contributed by atoms with Gasteiger partial charge in [-0.1, -0.05) is 0 Å². The molecular formula is C8H12IN3O2. The third kappa shape index (κ3) is 3.35. The summed E-state index contributed by atoms with van der Waals surface area (Å²) in [4.78, 5) is 7.97. The first-order valence-corrected chi connectivity index (χ1v) is 5.10. The van der Waals surface area contributed by atoms with Gasteiger partial charge in [0.25, 0.3) is 0 Å². The van der Waals surface area contributed by atoms with Crippen LogP contribution in [0, 0.1) is 3.57 Å². The number of hydrogen-bond donors (Lipinski definition) is 1. The molecule has 14 heavy (non-hydrogen) atoms. The van der Waals surface area contributed by atoms with Crippen molar-refractivity contribution in [3.05, 3.63) is 16.1 Å². The molecule has 0 atom stereocenters. The largest absolute Gasteiger partial charge is 0.364 e. The molecule has 1 aromatic rings. The molecule has 0 radical (unpaired) electrons. The molecule has 5 nitrogen and oxygen atoms in total. The Hall–Kier alpha value is -0.470. The number of nitrogens with zero attached hydrogens (tertiary/aromatic N) is 2. The van der Waals surface area contributed by atoms with Crippen molar-refractivity contribution < 1.29 is 9.47 Å². The van der Waals surface area contributed by atoms with Gasteiger partial charge in [0, 0.05) is 20.4 Å². The minimum Gasteiger partial charge on any atom is -0.364 e. The number of hydrogen-bond acceptors (Lipinski definition) is 5. The Labute approximate surface area is 96.4 Å². The molecule has 0 aliphatic rings. The highest BCUT2D eigenvalue weighted by molar-refractivity contribution is 14.1. The fourth-order valence-corrected chi connectivity index (χ4v) is 1.38. The number of halogens is 1. The lowest BCUT2D eigenvalue weighted by atomic mass is 10.5. The van der Waals surface area contributed by atoms with Crippen LogP contribution in [0.1, 0.15) is 0 Å². The lowest BCUT2D eigenvalue weighted by molar-refractivity contribution is -0.0914. The third-order valence-electron chi connectivity index (χ3n) is 1.63. The molecule has 0 aliphatic carbocycles. The molecule has 1 heterocycles. The van der Waals surface area contributed by atoms with Crippen molar-refractivity contribution in [2.45, 2.75) is 6.29 Å². The van der Waals surface area contributed by atoms with Crippen LogP contribution >= 0.6 is 22.6 Å². The van der Waals surface area contributed by atoms with Gasteiger partial charge in [-0.3, -0.25) is 0 Å². The standard InChI is InChI=1S/C8H12IN3O2/c1-13-7(14-2)4-11-8-6(9)3-10-5-12-8/h3,5,7H,4H2,1-2H3,(H,10,11,12). The van der Waals surface area contributed by atoms with E-state index in [9.17, 15) is 0 Å². The first-order chi connectivity index (χ1) is 6.77. The van der Waals surface area contributed by atoms with Gasteiger partial charge in [-0.2, -0.15) is 0 Å². The maximum atomic E-state index is 5.03. The Morgan fingerprint density at radius 2 is 2.21 bits per heavy atom. The Morgan fingerprint density at radius 1 is 1.50 bits per heavy atom. The summed E-state index contributed by atoms with van der Waals surface area (Å²) in [5.41, 5.74) is 0. The number of ether oxygens (including phenoxy) is 2. The average molecular weight is 309 g/mol. The zero-order valence-corrected chi connectivity index (χ0v) is 10.2. The molecule has 0 aromatic carbocycles. The molecule has 1 rings (SSSR count).